The SMILES string of the molecule is CN=C(NCC(C)Cn1nc(C)cc1C)NCC1CC(=O)N(CCc2ccccc2)C1. The molecule has 1 amide bonds. The number of aromatic nitrogens is 2. The van der Waals surface area contributed by atoms with Crippen LogP contribution in [0.4, 0.5) is 0 Å². The van der Waals surface area contributed by atoms with Crippen LogP contribution in [0.3, 0.4) is 0 Å². The van der Waals surface area contributed by atoms with Crippen molar-refractivity contribution in [2.24, 2.45) is 16.8 Å². The monoisotopic (exact) mass is 424 g/mol. The predicted molar refractivity (Wildman–Crippen MR) is 125 cm³/mol. The number of benzene rings is 1. The highest BCUT2D eigenvalue weighted by molar-refractivity contribution is 5.80. The summed E-state index contributed by atoms with van der Waals surface area (Å²) in [6, 6.07) is 12.4. The van der Waals surface area contributed by atoms with Crippen molar-refractivity contribution in [3.05, 3.63) is 53.3 Å². The first-order chi connectivity index (χ1) is 14.9. The van der Waals surface area contributed by atoms with Gasteiger partial charge >= 0.3 is 0 Å². The van der Waals surface area contributed by atoms with Crippen molar-refractivity contribution in [3.63, 3.8) is 0 Å². The molecule has 7 nitrogen and oxygen atoms in total. The van der Waals surface area contributed by atoms with E-state index in [1.807, 2.05) is 30.0 Å². The molecule has 31 heavy (non-hydrogen) atoms. The summed E-state index contributed by atoms with van der Waals surface area (Å²) in [6.45, 7) is 10.3. The molecule has 1 aromatic heterocycles. The van der Waals surface area contributed by atoms with Crippen LogP contribution in [-0.4, -0.2) is 59.8 Å². The number of aryl methyl sites for hydroxylation is 2. The minimum atomic E-state index is 0.254. The first kappa shape index (κ1) is 22.8. The minimum Gasteiger partial charge on any atom is -0.356 e. The zero-order valence-corrected chi connectivity index (χ0v) is 19.3. The molecule has 1 fully saturated rings. The Morgan fingerprint density at radius 3 is 2.71 bits per heavy atom. The van der Waals surface area contributed by atoms with Crippen molar-refractivity contribution in [1.82, 2.24) is 25.3 Å². The zero-order chi connectivity index (χ0) is 22.2. The summed E-state index contributed by atoms with van der Waals surface area (Å²) in [5.41, 5.74) is 3.52. The van der Waals surface area contributed by atoms with E-state index in [1.54, 1.807) is 7.05 Å². The standard InChI is InChI=1S/C24H36N6O/c1-18(16-30-20(3)12-19(2)28-30)14-26-24(25-4)27-15-22-13-23(31)29(17-22)11-10-21-8-6-5-7-9-21/h5-9,12,18,22H,10-11,13-17H2,1-4H3,(H2,25,26,27). The van der Waals surface area contributed by atoms with Crippen LogP contribution in [0.1, 0.15) is 30.3 Å². The first-order valence-corrected chi connectivity index (χ1v) is 11.2. The fourth-order valence-corrected chi connectivity index (χ4v) is 4.07. The predicted octanol–water partition coefficient (Wildman–Crippen LogP) is 2.39. The van der Waals surface area contributed by atoms with Gasteiger partial charge in [0.25, 0.3) is 0 Å². The van der Waals surface area contributed by atoms with E-state index in [9.17, 15) is 4.79 Å². The van der Waals surface area contributed by atoms with E-state index >= 15 is 0 Å². The van der Waals surface area contributed by atoms with Crippen molar-refractivity contribution < 1.29 is 4.79 Å². The second-order valence-electron chi connectivity index (χ2n) is 8.69. The van der Waals surface area contributed by atoms with Crippen LogP contribution >= 0.6 is 0 Å². The lowest BCUT2D eigenvalue weighted by atomic mass is 10.1. The fourth-order valence-electron chi connectivity index (χ4n) is 4.07. The van der Waals surface area contributed by atoms with E-state index in [2.05, 4.69) is 57.5 Å². The summed E-state index contributed by atoms with van der Waals surface area (Å²) in [4.78, 5) is 18.7. The largest absolute Gasteiger partial charge is 0.356 e. The summed E-state index contributed by atoms with van der Waals surface area (Å²) in [7, 11) is 1.78. The van der Waals surface area contributed by atoms with Gasteiger partial charge in [-0.1, -0.05) is 37.3 Å². The van der Waals surface area contributed by atoms with Crippen LogP contribution in [0, 0.1) is 25.7 Å². The Morgan fingerprint density at radius 1 is 1.26 bits per heavy atom. The van der Waals surface area contributed by atoms with Crippen molar-refractivity contribution in [2.75, 3.05) is 33.2 Å². The molecule has 0 aliphatic carbocycles. The van der Waals surface area contributed by atoms with Crippen LogP contribution in [0.2, 0.25) is 0 Å². The Balaban J connectivity index is 1.38. The summed E-state index contributed by atoms with van der Waals surface area (Å²) >= 11 is 0. The van der Waals surface area contributed by atoms with Gasteiger partial charge in [0.2, 0.25) is 5.91 Å². The van der Waals surface area contributed by atoms with Crippen molar-refractivity contribution in [3.8, 4) is 0 Å². The number of amides is 1. The van der Waals surface area contributed by atoms with Crippen molar-refractivity contribution >= 4 is 11.9 Å². The summed E-state index contributed by atoms with van der Waals surface area (Å²) in [6.07, 6.45) is 1.51. The molecule has 2 atom stereocenters. The maximum atomic E-state index is 12.4. The van der Waals surface area contributed by atoms with Gasteiger partial charge in [0.1, 0.15) is 0 Å². The average molecular weight is 425 g/mol. The van der Waals surface area contributed by atoms with E-state index in [0.29, 0.717) is 18.3 Å². The smallest absolute Gasteiger partial charge is 0.223 e. The molecule has 2 heterocycles. The van der Waals surface area contributed by atoms with E-state index in [-0.39, 0.29) is 5.91 Å². The number of carbonyl (C=O) groups excluding carboxylic acids is 1. The number of hydrogen-bond acceptors (Lipinski definition) is 3. The first-order valence-electron chi connectivity index (χ1n) is 11.2. The molecule has 7 heteroatoms. The lowest BCUT2D eigenvalue weighted by Crippen LogP contribution is -2.42. The molecule has 2 aromatic rings. The molecule has 0 spiro atoms. The molecular weight excluding hydrogens is 388 g/mol. The Bertz CT molecular complexity index is 875. The summed E-state index contributed by atoms with van der Waals surface area (Å²) < 4.78 is 2.06. The highest BCUT2D eigenvalue weighted by Crippen LogP contribution is 2.17. The average Bonchev–Trinajstić information content (AvgIpc) is 3.27. The lowest BCUT2D eigenvalue weighted by Gasteiger charge is -2.19. The Hall–Kier alpha value is -2.83. The molecule has 1 aromatic carbocycles. The Labute approximate surface area is 185 Å². The Kier molecular flexibility index (Phi) is 8.09. The fraction of sp³-hybridized carbons (Fsp3) is 0.542. The molecular formula is C24H36N6O. The molecule has 0 saturated carbocycles. The van der Waals surface area contributed by atoms with Crippen LogP contribution in [-0.2, 0) is 17.8 Å². The number of guanidine groups is 1. The van der Waals surface area contributed by atoms with E-state index in [4.69, 9.17) is 0 Å². The molecule has 168 valence electrons. The lowest BCUT2D eigenvalue weighted by molar-refractivity contribution is -0.127. The van der Waals surface area contributed by atoms with Gasteiger partial charge in [-0.15, -0.1) is 0 Å². The third kappa shape index (κ3) is 6.84. The van der Waals surface area contributed by atoms with Crippen LogP contribution in [0.25, 0.3) is 0 Å². The molecule has 1 aliphatic rings. The third-order valence-corrected chi connectivity index (χ3v) is 5.80. The number of likely N-dealkylation sites (tertiary alicyclic amines) is 1. The molecule has 1 saturated heterocycles. The quantitative estimate of drug-likeness (QED) is 0.479. The number of nitrogens with one attached hydrogen (secondary N) is 2. The van der Waals surface area contributed by atoms with Gasteiger partial charge in [-0.3, -0.25) is 14.5 Å². The van der Waals surface area contributed by atoms with Gasteiger partial charge in [-0.25, -0.2) is 0 Å². The van der Waals surface area contributed by atoms with E-state index < -0.39 is 0 Å². The topological polar surface area (TPSA) is 74.5 Å². The zero-order valence-electron chi connectivity index (χ0n) is 19.3. The number of hydrogen-bond donors (Lipinski definition) is 2. The summed E-state index contributed by atoms with van der Waals surface area (Å²) in [5.74, 6) is 1.77. The van der Waals surface area contributed by atoms with Crippen molar-refractivity contribution in [1.29, 1.82) is 0 Å². The molecule has 2 N–H and O–H groups in total. The second kappa shape index (κ2) is 11.0. The highest BCUT2D eigenvalue weighted by Gasteiger charge is 2.29. The molecule has 0 radical (unpaired) electrons. The van der Waals surface area contributed by atoms with Gasteiger partial charge in [0.05, 0.1) is 5.69 Å². The van der Waals surface area contributed by atoms with E-state index in [0.717, 1.165) is 50.8 Å². The minimum absolute atomic E-state index is 0.254. The number of nitrogens with zero attached hydrogens (tertiary/aromatic N) is 4. The molecule has 1 aliphatic heterocycles. The normalized spacial score (nSPS) is 17.8. The second-order valence-corrected chi connectivity index (χ2v) is 8.69. The molecule has 2 unspecified atom stereocenters. The highest BCUT2D eigenvalue weighted by atomic mass is 16.2. The van der Waals surface area contributed by atoms with Gasteiger partial charge in [0.15, 0.2) is 5.96 Å². The number of aliphatic imine (C=N–C) groups is 1. The third-order valence-electron chi connectivity index (χ3n) is 5.80. The Morgan fingerprint density at radius 2 is 2.03 bits per heavy atom. The van der Waals surface area contributed by atoms with Crippen LogP contribution < -0.4 is 10.6 Å². The molecule has 0 bridgehead atoms. The van der Waals surface area contributed by atoms with Crippen LogP contribution in [0.5, 0.6) is 0 Å². The molecule has 3 rings (SSSR count). The van der Waals surface area contributed by atoms with Gasteiger partial charge in [-0.05, 0) is 37.8 Å². The van der Waals surface area contributed by atoms with Gasteiger partial charge in [-0.2, -0.15) is 5.10 Å². The summed E-state index contributed by atoms with van der Waals surface area (Å²) in [5, 5.41) is 11.3. The van der Waals surface area contributed by atoms with E-state index in [1.165, 1.54) is 11.3 Å². The number of rotatable bonds is 9. The van der Waals surface area contributed by atoms with Gasteiger partial charge < -0.3 is 15.5 Å². The maximum Gasteiger partial charge on any atom is 0.223 e. The maximum absolute atomic E-state index is 12.4. The van der Waals surface area contributed by atoms with Crippen molar-refractivity contribution in [2.45, 2.75) is 40.2 Å². The number of carbonyl (C=O) groups is 1. The van der Waals surface area contributed by atoms with Gasteiger partial charge in [0, 0.05) is 57.8 Å². The van der Waals surface area contributed by atoms with Crippen LogP contribution in [0.15, 0.2) is 41.4 Å².